The Bertz CT molecular complexity index is 212. The van der Waals surface area contributed by atoms with E-state index in [0.717, 1.165) is 25.7 Å². The molecule has 0 radical (unpaired) electrons. The van der Waals surface area contributed by atoms with E-state index < -0.39 is 12.3 Å². The van der Waals surface area contributed by atoms with Crippen molar-refractivity contribution in [2.45, 2.75) is 37.9 Å². The highest BCUT2D eigenvalue weighted by Gasteiger charge is 2.14. The molecule has 0 amide bonds. The molecule has 0 bridgehead atoms. The second kappa shape index (κ2) is 5.65. The zero-order valence-electron chi connectivity index (χ0n) is 8.31. The monoisotopic (exact) mass is 200 g/mol. The van der Waals surface area contributed by atoms with Gasteiger partial charge < -0.3 is 14.6 Å². The van der Waals surface area contributed by atoms with Gasteiger partial charge in [-0.25, -0.2) is 4.79 Å². The van der Waals surface area contributed by atoms with Crippen LogP contribution in [0.4, 0.5) is 4.79 Å². The predicted molar refractivity (Wildman–Crippen MR) is 50.9 cm³/mol. The molecule has 4 nitrogen and oxygen atoms in total. The van der Waals surface area contributed by atoms with Crippen LogP contribution in [0.3, 0.4) is 0 Å². The Morgan fingerprint density at radius 1 is 1.36 bits per heavy atom. The van der Waals surface area contributed by atoms with Gasteiger partial charge in [-0.05, 0) is 25.3 Å². The summed E-state index contributed by atoms with van der Waals surface area (Å²) in [5.74, 6) is 0. The van der Waals surface area contributed by atoms with Gasteiger partial charge in [-0.15, -0.1) is 0 Å². The number of hydrogen-bond donors (Lipinski definition) is 1. The fraction of sp³-hybridized carbons (Fsp3) is 0.700. The SMILES string of the molecule is COC(=O)OC1/C=C/C(O)CCCC1. The van der Waals surface area contributed by atoms with E-state index in [1.165, 1.54) is 7.11 Å². The summed E-state index contributed by atoms with van der Waals surface area (Å²) in [6, 6.07) is 0. The Labute approximate surface area is 83.5 Å². The first-order valence-corrected chi connectivity index (χ1v) is 4.83. The molecule has 0 fully saturated rings. The van der Waals surface area contributed by atoms with Gasteiger partial charge in [0.1, 0.15) is 6.10 Å². The standard InChI is InChI=1S/C10H16O4/c1-13-10(12)14-9-5-3-2-4-8(11)6-7-9/h6-9,11H,2-5H2,1H3/b7-6+. The van der Waals surface area contributed by atoms with E-state index in [0.29, 0.717) is 0 Å². The molecule has 4 heteroatoms. The van der Waals surface area contributed by atoms with Crippen LogP contribution in [0.2, 0.25) is 0 Å². The molecule has 1 rings (SSSR count). The first kappa shape index (κ1) is 11.0. The third-order valence-corrected chi connectivity index (χ3v) is 2.20. The van der Waals surface area contributed by atoms with Crippen molar-refractivity contribution in [2.24, 2.45) is 0 Å². The van der Waals surface area contributed by atoms with Crippen molar-refractivity contribution in [3.63, 3.8) is 0 Å². The van der Waals surface area contributed by atoms with E-state index in [-0.39, 0.29) is 6.10 Å². The average Bonchev–Trinajstić information content (AvgIpc) is 2.16. The minimum Gasteiger partial charge on any atom is -0.438 e. The molecule has 0 aliphatic heterocycles. The van der Waals surface area contributed by atoms with Gasteiger partial charge in [0.15, 0.2) is 0 Å². The van der Waals surface area contributed by atoms with Crippen LogP contribution in [0, 0.1) is 0 Å². The Hall–Kier alpha value is -1.03. The second-order valence-electron chi connectivity index (χ2n) is 3.35. The topological polar surface area (TPSA) is 55.8 Å². The molecule has 0 aromatic rings. The van der Waals surface area contributed by atoms with E-state index in [9.17, 15) is 9.90 Å². The van der Waals surface area contributed by atoms with E-state index in [2.05, 4.69) is 4.74 Å². The van der Waals surface area contributed by atoms with Gasteiger partial charge in [-0.3, -0.25) is 0 Å². The maximum Gasteiger partial charge on any atom is 0.508 e. The van der Waals surface area contributed by atoms with Crippen LogP contribution in [0.15, 0.2) is 12.2 Å². The predicted octanol–water partition coefficient (Wildman–Crippen LogP) is 1.63. The third-order valence-electron chi connectivity index (χ3n) is 2.20. The molecule has 1 aliphatic carbocycles. The van der Waals surface area contributed by atoms with Crippen LogP contribution >= 0.6 is 0 Å². The van der Waals surface area contributed by atoms with E-state index in [1.807, 2.05) is 0 Å². The zero-order chi connectivity index (χ0) is 10.4. The molecule has 80 valence electrons. The van der Waals surface area contributed by atoms with Gasteiger partial charge in [0.2, 0.25) is 0 Å². The maximum atomic E-state index is 10.8. The Kier molecular flexibility index (Phi) is 4.46. The van der Waals surface area contributed by atoms with E-state index >= 15 is 0 Å². The normalized spacial score (nSPS) is 29.9. The number of carbonyl (C=O) groups is 1. The first-order valence-electron chi connectivity index (χ1n) is 4.83. The molecule has 2 atom stereocenters. The molecule has 1 N–H and O–H groups in total. The number of hydrogen-bond acceptors (Lipinski definition) is 4. The number of methoxy groups -OCH3 is 1. The van der Waals surface area contributed by atoms with Crippen molar-refractivity contribution < 1.29 is 19.4 Å². The molecule has 1 aliphatic rings. The van der Waals surface area contributed by atoms with Gasteiger partial charge in [-0.2, -0.15) is 0 Å². The molecule has 0 saturated heterocycles. The van der Waals surface area contributed by atoms with Gasteiger partial charge in [0.25, 0.3) is 0 Å². The number of rotatable bonds is 1. The Balaban J connectivity index is 2.45. The molecular weight excluding hydrogens is 184 g/mol. The van der Waals surface area contributed by atoms with Crippen LogP contribution in [-0.4, -0.2) is 30.6 Å². The molecular formula is C10H16O4. The summed E-state index contributed by atoms with van der Waals surface area (Å²) in [6.07, 6.45) is 5.51. The third kappa shape index (κ3) is 3.79. The lowest BCUT2D eigenvalue weighted by atomic mass is 10.0. The molecule has 0 heterocycles. The maximum absolute atomic E-state index is 10.8. The average molecular weight is 200 g/mol. The molecule has 0 saturated carbocycles. The highest BCUT2D eigenvalue weighted by molar-refractivity contribution is 5.60. The Morgan fingerprint density at radius 3 is 2.79 bits per heavy atom. The van der Waals surface area contributed by atoms with Gasteiger partial charge in [0, 0.05) is 0 Å². The van der Waals surface area contributed by atoms with Crippen molar-refractivity contribution in [1.82, 2.24) is 0 Å². The molecule has 2 unspecified atom stereocenters. The van der Waals surface area contributed by atoms with Crippen LogP contribution < -0.4 is 0 Å². The zero-order valence-corrected chi connectivity index (χ0v) is 8.31. The summed E-state index contributed by atoms with van der Waals surface area (Å²) in [4.78, 5) is 10.8. The summed E-state index contributed by atoms with van der Waals surface area (Å²) < 4.78 is 9.36. The fourth-order valence-corrected chi connectivity index (χ4v) is 1.41. The van der Waals surface area contributed by atoms with Crippen LogP contribution in [0.5, 0.6) is 0 Å². The quantitative estimate of drug-likeness (QED) is 0.516. The van der Waals surface area contributed by atoms with Gasteiger partial charge in [0.05, 0.1) is 13.2 Å². The van der Waals surface area contributed by atoms with Crippen molar-refractivity contribution >= 4 is 6.16 Å². The number of ether oxygens (including phenoxy) is 2. The highest BCUT2D eigenvalue weighted by Crippen LogP contribution is 2.14. The van der Waals surface area contributed by atoms with E-state index in [4.69, 9.17) is 4.74 Å². The lowest BCUT2D eigenvalue weighted by Crippen LogP contribution is -2.18. The molecule has 14 heavy (non-hydrogen) atoms. The largest absolute Gasteiger partial charge is 0.508 e. The van der Waals surface area contributed by atoms with Crippen molar-refractivity contribution in [2.75, 3.05) is 7.11 Å². The summed E-state index contributed by atoms with van der Waals surface area (Å²) >= 11 is 0. The van der Waals surface area contributed by atoms with E-state index in [1.54, 1.807) is 12.2 Å². The van der Waals surface area contributed by atoms with Crippen molar-refractivity contribution in [3.05, 3.63) is 12.2 Å². The molecule has 0 aromatic carbocycles. The molecule has 0 spiro atoms. The van der Waals surface area contributed by atoms with Gasteiger partial charge >= 0.3 is 6.16 Å². The minimum absolute atomic E-state index is 0.266. The van der Waals surface area contributed by atoms with Crippen LogP contribution in [0.25, 0.3) is 0 Å². The number of aliphatic hydroxyl groups excluding tert-OH is 1. The summed E-state index contributed by atoms with van der Waals surface area (Å²) in [7, 11) is 1.28. The smallest absolute Gasteiger partial charge is 0.438 e. The summed E-state index contributed by atoms with van der Waals surface area (Å²) in [5, 5.41) is 9.36. The van der Waals surface area contributed by atoms with Crippen LogP contribution in [-0.2, 0) is 9.47 Å². The highest BCUT2D eigenvalue weighted by atomic mass is 16.7. The van der Waals surface area contributed by atoms with Crippen LogP contribution in [0.1, 0.15) is 25.7 Å². The number of carbonyl (C=O) groups excluding carboxylic acids is 1. The lowest BCUT2D eigenvalue weighted by molar-refractivity contribution is 0.0475. The first-order chi connectivity index (χ1) is 6.72. The molecule has 0 aromatic heterocycles. The number of aliphatic hydroxyl groups is 1. The summed E-state index contributed by atoms with van der Waals surface area (Å²) in [5.41, 5.74) is 0. The van der Waals surface area contributed by atoms with Crippen molar-refractivity contribution in [3.8, 4) is 0 Å². The minimum atomic E-state index is -0.672. The van der Waals surface area contributed by atoms with Crippen molar-refractivity contribution in [1.29, 1.82) is 0 Å². The second-order valence-corrected chi connectivity index (χ2v) is 3.35. The fourth-order valence-electron chi connectivity index (χ4n) is 1.41. The van der Waals surface area contributed by atoms with Gasteiger partial charge in [-0.1, -0.05) is 12.5 Å². The lowest BCUT2D eigenvalue weighted by Gasteiger charge is -2.16. The Morgan fingerprint density at radius 2 is 2.07 bits per heavy atom. The summed E-state index contributed by atoms with van der Waals surface area (Å²) in [6.45, 7) is 0.